The van der Waals surface area contributed by atoms with E-state index in [1.807, 2.05) is 55.1 Å². The molecular weight excluding hydrogens is 422 g/mol. The fraction of sp³-hybridized carbons (Fsp3) is 0.333. The summed E-state index contributed by atoms with van der Waals surface area (Å²) in [5, 5.41) is 0.917. The summed E-state index contributed by atoms with van der Waals surface area (Å²) in [7, 11) is 0. The van der Waals surface area contributed by atoms with Crippen LogP contribution in [0.5, 0.6) is 0 Å². The largest absolute Gasteiger partial charge is 0.461 e. The summed E-state index contributed by atoms with van der Waals surface area (Å²) in [4.78, 5) is 32.6. The number of furan rings is 1. The lowest BCUT2D eigenvalue weighted by atomic mass is 10.0. The van der Waals surface area contributed by atoms with Gasteiger partial charge in [0, 0.05) is 44.1 Å². The van der Waals surface area contributed by atoms with Crippen molar-refractivity contribution >= 4 is 34.3 Å². The van der Waals surface area contributed by atoms with Crippen LogP contribution < -0.4 is 4.90 Å². The summed E-state index contributed by atoms with van der Waals surface area (Å²) in [6, 6.07) is 11.9. The number of aryl methyl sites for hydroxylation is 2. The number of aromatic nitrogens is 3. The zero-order valence-corrected chi connectivity index (χ0v) is 18.8. The lowest BCUT2D eigenvalue weighted by Crippen LogP contribution is -2.34. The maximum atomic E-state index is 13.4. The average Bonchev–Trinajstić information content (AvgIpc) is 3.56. The highest BCUT2D eigenvalue weighted by molar-refractivity contribution is 7.15. The van der Waals surface area contributed by atoms with Crippen molar-refractivity contribution in [3.63, 3.8) is 0 Å². The van der Waals surface area contributed by atoms with Gasteiger partial charge in [-0.05, 0) is 19.4 Å². The lowest BCUT2D eigenvalue weighted by molar-refractivity contribution is 0.0778. The zero-order chi connectivity index (χ0) is 21.8. The Kier molecular flexibility index (Phi) is 4.50. The molecule has 7 nitrogen and oxygen atoms in total. The van der Waals surface area contributed by atoms with Crippen LogP contribution in [0.15, 0.2) is 47.1 Å². The van der Waals surface area contributed by atoms with Crippen molar-refractivity contribution in [1.29, 1.82) is 0 Å². The van der Waals surface area contributed by atoms with E-state index in [-0.39, 0.29) is 5.91 Å². The average molecular weight is 446 g/mol. The van der Waals surface area contributed by atoms with Crippen LogP contribution in [-0.4, -0.2) is 51.9 Å². The minimum Gasteiger partial charge on any atom is -0.461 e. The van der Waals surface area contributed by atoms with Gasteiger partial charge >= 0.3 is 0 Å². The van der Waals surface area contributed by atoms with Crippen LogP contribution in [0.2, 0.25) is 0 Å². The van der Waals surface area contributed by atoms with Gasteiger partial charge < -0.3 is 14.2 Å². The number of fused-ring (bicyclic) bond motifs is 2. The molecule has 2 fully saturated rings. The highest BCUT2D eigenvalue weighted by Crippen LogP contribution is 2.36. The van der Waals surface area contributed by atoms with Gasteiger partial charge in [0.05, 0.1) is 21.8 Å². The van der Waals surface area contributed by atoms with Crippen molar-refractivity contribution in [2.24, 2.45) is 11.8 Å². The number of hydrogen-bond acceptors (Lipinski definition) is 7. The molecule has 0 spiro atoms. The predicted octanol–water partition coefficient (Wildman–Crippen LogP) is 4.17. The monoisotopic (exact) mass is 445 g/mol. The van der Waals surface area contributed by atoms with Crippen molar-refractivity contribution < 1.29 is 9.21 Å². The van der Waals surface area contributed by atoms with Gasteiger partial charge in [-0.25, -0.2) is 15.0 Å². The molecule has 1 amide bonds. The third kappa shape index (κ3) is 3.17. The number of likely N-dealkylation sites (tertiary alicyclic amines) is 1. The molecule has 5 heterocycles. The maximum Gasteiger partial charge on any atom is 0.274 e. The van der Waals surface area contributed by atoms with Crippen molar-refractivity contribution in [3.8, 4) is 10.4 Å². The molecule has 32 heavy (non-hydrogen) atoms. The molecule has 0 radical (unpaired) electrons. The van der Waals surface area contributed by atoms with Crippen molar-refractivity contribution in [3.05, 3.63) is 59.1 Å². The number of hydrogen-bond donors (Lipinski definition) is 0. The number of anilines is 1. The Morgan fingerprint density at radius 3 is 2.50 bits per heavy atom. The first-order valence-corrected chi connectivity index (χ1v) is 11.7. The Bertz CT molecular complexity index is 1300. The van der Waals surface area contributed by atoms with Gasteiger partial charge in [-0.15, -0.1) is 11.3 Å². The normalized spacial score (nSPS) is 20.3. The second-order valence-corrected chi connectivity index (χ2v) is 9.86. The third-order valence-electron chi connectivity index (χ3n) is 6.49. The summed E-state index contributed by atoms with van der Waals surface area (Å²) in [6.07, 6.45) is 1.65. The molecule has 6 rings (SSSR count). The number of nitrogens with zero attached hydrogens (tertiary/aromatic N) is 5. The highest BCUT2D eigenvalue weighted by Gasteiger charge is 2.43. The Morgan fingerprint density at radius 1 is 1.00 bits per heavy atom. The van der Waals surface area contributed by atoms with Crippen LogP contribution in [0.1, 0.15) is 21.2 Å². The van der Waals surface area contributed by atoms with Crippen molar-refractivity contribution in [1.82, 2.24) is 19.9 Å². The van der Waals surface area contributed by atoms with E-state index in [1.54, 1.807) is 17.6 Å². The number of carbonyl (C=O) groups excluding carboxylic acids is 1. The van der Waals surface area contributed by atoms with E-state index in [0.29, 0.717) is 17.5 Å². The standard InChI is InChI=1S/C24H23N5O2S/c1-14-21-19(8-9-31-21)27-24(25-14)29-12-17-10-28(11-18(17)13-29)23(30)20-22(32-15(2)26-20)16-6-4-3-5-7-16/h3-9,17-18H,10-13H2,1-2H3/t17-,18+. The molecule has 0 aliphatic carbocycles. The van der Waals surface area contributed by atoms with E-state index < -0.39 is 0 Å². The Hall–Kier alpha value is -3.26. The van der Waals surface area contributed by atoms with Crippen LogP contribution in [0.3, 0.4) is 0 Å². The van der Waals surface area contributed by atoms with Gasteiger partial charge in [-0.2, -0.15) is 0 Å². The van der Waals surface area contributed by atoms with E-state index in [2.05, 4.69) is 19.9 Å². The number of amides is 1. The topological polar surface area (TPSA) is 75.4 Å². The zero-order valence-electron chi connectivity index (χ0n) is 18.0. The van der Waals surface area contributed by atoms with Crippen LogP contribution in [0.4, 0.5) is 5.95 Å². The minimum absolute atomic E-state index is 0.0427. The summed E-state index contributed by atoms with van der Waals surface area (Å²) in [5.74, 6) is 1.64. The van der Waals surface area contributed by atoms with Gasteiger partial charge in [-0.3, -0.25) is 4.79 Å². The molecule has 162 valence electrons. The fourth-order valence-electron chi connectivity index (χ4n) is 4.97. The molecular formula is C24H23N5O2S. The Morgan fingerprint density at radius 2 is 1.75 bits per heavy atom. The van der Waals surface area contributed by atoms with Gasteiger partial charge in [0.25, 0.3) is 5.91 Å². The number of carbonyl (C=O) groups is 1. The smallest absolute Gasteiger partial charge is 0.274 e. The fourth-order valence-corrected chi connectivity index (χ4v) is 5.88. The molecule has 4 aromatic rings. The first kappa shape index (κ1) is 19.4. The van der Waals surface area contributed by atoms with Crippen LogP contribution >= 0.6 is 11.3 Å². The van der Waals surface area contributed by atoms with Crippen LogP contribution in [0, 0.1) is 25.7 Å². The number of benzene rings is 1. The van der Waals surface area contributed by atoms with Gasteiger partial charge in [0.1, 0.15) is 11.2 Å². The predicted molar refractivity (Wildman–Crippen MR) is 124 cm³/mol. The van der Waals surface area contributed by atoms with E-state index >= 15 is 0 Å². The van der Waals surface area contributed by atoms with E-state index in [4.69, 9.17) is 4.42 Å². The molecule has 1 aromatic carbocycles. The molecule has 8 heteroatoms. The molecule has 0 bridgehead atoms. The SMILES string of the molecule is Cc1nc(C(=O)N2C[C@@H]3CN(c4nc(C)c5occc5n4)C[C@@H]3C2)c(-c2ccccc2)s1. The van der Waals surface area contributed by atoms with Crippen LogP contribution in [-0.2, 0) is 0 Å². The summed E-state index contributed by atoms with van der Waals surface area (Å²) < 4.78 is 5.47. The second-order valence-electron chi connectivity index (χ2n) is 8.66. The summed E-state index contributed by atoms with van der Waals surface area (Å²) in [5.41, 5.74) is 4.08. The first-order valence-electron chi connectivity index (χ1n) is 10.9. The number of thiazole rings is 1. The molecule has 0 saturated carbocycles. The van der Waals surface area contributed by atoms with E-state index in [9.17, 15) is 4.79 Å². The molecule has 0 unspecified atom stereocenters. The Balaban J connectivity index is 1.20. The third-order valence-corrected chi connectivity index (χ3v) is 7.51. The molecule has 0 N–H and O–H groups in total. The summed E-state index contributed by atoms with van der Waals surface area (Å²) >= 11 is 1.59. The molecule has 2 aliphatic rings. The number of rotatable bonds is 3. The van der Waals surface area contributed by atoms with Crippen LogP contribution in [0.25, 0.3) is 21.5 Å². The summed E-state index contributed by atoms with van der Waals surface area (Å²) in [6.45, 7) is 7.13. The van der Waals surface area contributed by atoms with Crippen molar-refractivity contribution in [2.75, 3.05) is 31.1 Å². The van der Waals surface area contributed by atoms with Gasteiger partial charge in [0.2, 0.25) is 5.95 Å². The highest BCUT2D eigenvalue weighted by atomic mass is 32.1. The maximum absolute atomic E-state index is 13.4. The minimum atomic E-state index is 0.0427. The van der Waals surface area contributed by atoms with Gasteiger partial charge in [0.15, 0.2) is 5.58 Å². The van der Waals surface area contributed by atoms with Crippen molar-refractivity contribution in [2.45, 2.75) is 13.8 Å². The van der Waals surface area contributed by atoms with Gasteiger partial charge in [-0.1, -0.05) is 30.3 Å². The lowest BCUT2D eigenvalue weighted by Gasteiger charge is -2.22. The molecule has 2 atom stereocenters. The Labute approximate surface area is 189 Å². The molecule has 3 aromatic heterocycles. The van der Waals surface area contributed by atoms with E-state index in [0.717, 1.165) is 64.4 Å². The van der Waals surface area contributed by atoms with E-state index in [1.165, 1.54) is 0 Å². The quantitative estimate of drug-likeness (QED) is 0.471. The molecule has 2 aliphatic heterocycles. The molecule has 2 saturated heterocycles. The second kappa shape index (κ2) is 7.41. The first-order chi connectivity index (χ1) is 15.6.